The third kappa shape index (κ3) is 3.49. The van der Waals surface area contributed by atoms with Crippen LogP contribution in [0.1, 0.15) is 10.4 Å². The van der Waals surface area contributed by atoms with Gasteiger partial charge >= 0.3 is 0 Å². The fraction of sp³-hybridized carbons (Fsp3) is 0.0556. The molecule has 0 bridgehead atoms. The number of fused-ring (bicyclic) bond motifs is 1. The predicted molar refractivity (Wildman–Crippen MR) is 107 cm³/mol. The number of hydrogen-bond donors (Lipinski definition) is 1. The van der Waals surface area contributed by atoms with Crippen molar-refractivity contribution in [2.24, 2.45) is 0 Å². The molecule has 0 unspecified atom stereocenters. The highest BCUT2D eigenvalue weighted by atomic mass is 35.5. The molecule has 4 rings (SSSR count). The Morgan fingerprint density at radius 2 is 2.07 bits per heavy atom. The molecule has 2 heterocycles. The van der Waals surface area contributed by atoms with E-state index in [2.05, 4.69) is 15.4 Å². The van der Waals surface area contributed by atoms with E-state index in [-0.39, 0.29) is 11.9 Å². The summed E-state index contributed by atoms with van der Waals surface area (Å²) in [7, 11) is 1.55. The average Bonchev–Trinajstić information content (AvgIpc) is 3.22. The molecule has 6 nitrogen and oxygen atoms in total. The van der Waals surface area contributed by atoms with E-state index in [4.69, 9.17) is 27.9 Å². The average molecular weight is 419 g/mol. The molecule has 27 heavy (non-hydrogen) atoms. The smallest absolute Gasteiger partial charge is 0.258 e. The van der Waals surface area contributed by atoms with E-state index < -0.39 is 0 Å². The summed E-state index contributed by atoms with van der Waals surface area (Å²) in [6.07, 6.45) is 0. The summed E-state index contributed by atoms with van der Waals surface area (Å²) in [4.78, 5) is 17.4. The van der Waals surface area contributed by atoms with Gasteiger partial charge < -0.3 is 4.74 Å². The van der Waals surface area contributed by atoms with Crippen LogP contribution in [0.4, 0.5) is 5.95 Å². The Morgan fingerprint density at radius 3 is 2.85 bits per heavy atom. The van der Waals surface area contributed by atoms with E-state index in [0.29, 0.717) is 26.3 Å². The third-order valence-electron chi connectivity index (χ3n) is 3.85. The molecule has 2 aromatic carbocycles. The summed E-state index contributed by atoms with van der Waals surface area (Å²) in [5.41, 5.74) is 2.00. The molecule has 1 N–H and O–H groups in total. The zero-order valence-electron chi connectivity index (χ0n) is 13.9. The van der Waals surface area contributed by atoms with Crippen molar-refractivity contribution in [3.8, 4) is 17.0 Å². The first-order valence-corrected chi connectivity index (χ1v) is 9.44. The van der Waals surface area contributed by atoms with E-state index in [1.165, 1.54) is 11.3 Å². The summed E-state index contributed by atoms with van der Waals surface area (Å²) >= 11 is 13.7. The summed E-state index contributed by atoms with van der Waals surface area (Å²) < 4.78 is 6.78. The van der Waals surface area contributed by atoms with Gasteiger partial charge in [0.15, 0.2) is 0 Å². The number of anilines is 1. The summed E-state index contributed by atoms with van der Waals surface area (Å²) in [5, 5.41) is 10.1. The molecule has 136 valence electrons. The van der Waals surface area contributed by atoms with Gasteiger partial charge in [-0.25, -0.2) is 4.52 Å². The van der Waals surface area contributed by atoms with Crippen LogP contribution in [0.3, 0.4) is 0 Å². The highest BCUT2D eigenvalue weighted by Crippen LogP contribution is 2.33. The minimum absolute atomic E-state index is 0.209. The standard InChI is InChI=1S/C18H12Cl2N4O2S/c1-26-12-4-2-3-10(7-12)16(25)21-17-22-18-24(23-17)15(9-27-18)13-6-5-11(19)8-14(13)20/h2-9H,1H3,(H,21,23,25). The Hall–Kier alpha value is -2.61. The number of hydrogen-bond acceptors (Lipinski definition) is 5. The number of halogens is 2. The topological polar surface area (TPSA) is 68.5 Å². The number of ether oxygens (including phenoxy) is 1. The molecule has 0 fully saturated rings. The van der Waals surface area contributed by atoms with Gasteiger partial charge in [0.1, 0.15) is 5.75 Å². The van der Waals surface area contributed by atoms with Crippen molar-refractivity contribution in [3.63, 3.8) is 0 Å². The predicted octanol–water partition coefficient (Wildman–Crippen LogP) is 5.03. The number of methoxy groups -OCH3 is 1. The lowest BCUT2D eigenvalue weighted by Gasteiger charge is -2.04. The fourth-order valence-electron chi connectivity index (χ4n) is 2.56. The Bertz CT molecular complexity index is 1160. The zero-order valence-corrected chi connectivity index (χ0v) is 16.3. The van der Waals surface area contributed by atoms with Crippen molar-refractivity contribution < 1.29 is 9.53 Å². The Balaban J connectivity index is 1.64. The van der Waals surface area contributed by atoms with Crippen molar-refractivity contribution in [2.75, 3.05) is 12.4 Å². The highest BCUT2D eigenvalue weighted by Gasteiger charge is 2.16. The number of benzene rings is 2. The highest BCUT2D eigenvalue weighted by molar-refractivity contribution is 7.15. The molecular formula is C18H12Cl2N4O2S. The number of thiazole rings is 1. The van der Waals surface area contributed by atoms with Crippen LogP contribution in [0.25, 0.3) is 16.2 Å². The Kier molecular flexibility index (Phi) is 4.73. The zero-order chi connectivity index (χ0) is 19.0. The molecule has 0 saturated carbocycles. The van der Waals surface area contributed by atoms with Crippen molar-refractivity contribution in [3.05, 3.63) is 63.5 Å². The van der Waals surface area contributed by atoms with Gasteiger partial charge in [-0.15, -0.1) is 16.4 Å². The number of amides is 1. The quantitative estimate of drug-likeness (QED) is 0.504. The molecule has 0 aliphatic heterocycles. The van der Waals surface area contributed by atoms with Crippen LogP contribution in [0.2, 0.25) is 10.0 Å². The van der Waals surface area contributed by atoms with E-state index in [1.807, 2.05) is 11.4 Å². The van der Waals surface area contributed by atoms with Crippen molar-refractivity contribution >= 4 is 51.4 Å². The number of nitrogens with zero attached hydrogens (tertiary/aromatic N) is 3. The summed E-state index contributed by atoms with van der Waals surface area (Å²) in [6.45, 7) is 0. The number of nitrogens with one attached hydrogen (secondary N) is 1. The molecule has 9 heteroatoms. The monoisotopic (exact) mass is 418 g/mol. The molecular weight excluding hydrogens is 407 g/mol. The van der Waals surface area contributed by atoms with Crippen molar-refractivity contribution in [1.29, 1.82) is 0 Å². The van der Waals surface area contributed by atoms with Crippen LogP contribution in [-0.2, 0) is 0 Å². The van der Waals surface area contributed by atoms with Gasteiger partial charge in [0, 0.05) is 21.5 Å². The van der Waals surface area contributed by atoms with Gasteiger partial charge in [0.2, 0.25) is 4.96 Å². The number of carbonyl (C=O) groups is 1. The molecule has 1 amide bonds. The molecule has 2 aromatic heterocycles. The molecule has 0 atom stereocenters. The maximum Gasteiger partial charge on any atom is 0.258 e. The van der Waals surface area contributed by atoms with E-state index in [1.54, 1.807) is 48.0 Å². The van der Waals surface area contributed by atoms with Crippen LogP contribution in [0.15, 0.2) is 47.8 Å². The lowest BCUT2D eigenvalue weighted by atomic mass is 10.2. The maximum absolute atomic E-state index is 12.4. The lowest BCUT2D eigenvalue weighted by molar-refractivity contribution is 0.102. The summed E-state index contributed by atoms with van der Waals surface area (Å²) in [6, 6.07) is 12.1. The minimum Gasteiger partial charge on any atom is -0.497 e. The normalized spacial score (nSPS) is 10.9. The van der Waals surface area contributed by atoms with Crippen LogP contribution in [0, 0.1) is 0 Å². The second-order valence-corrected chi connectivity index (χ2v) is 7.24. The van der Waals surface area contributed by atoms with Crippen LogP contribution in [-0.4, -0.2) is 27.6 Å². The number of carbonyl (C=O) groups excluding carboxylic acids is 1. The maximum atomic E-state index is 12.4. The van der Waals surface area contributed by atoms with Crippen molar-refractivity contribution in [1.82, 2.24) is 14.6 Å². The van der Waals surface area contributed by atoms with Crippen LogP contribution < -0.4 is 10.1 Å². The van der Waals surface area contributed by atoms with Crippen molar-refractivity contribution in [2.45, 2.75) is 0 Å². The van der Waals surface area contributed by atoms with Crippen LogP contribution >= 0.6 is 34.5 Å². The van der Waals surface area contributed by atoms with Crippen LogP contribution in [0.5, 0.6) is 5.75 Å². The first kappa shape index (κ1) is 17.8. The fourth-order valence-corrected chi connectivity index (χ4v) is 3.88. The van der Waals surface area contributed by atoms with Gasteiger partial charge in [-0.1, -0.05) is 29.3 Å². The lowest BCUT2D eigenvalue weighted by Crippen LogP contribution is -2.13. The van der Waals surface area contributed by atoms with Gasteiger partial charge in [0.05, 0.1) is 17.8 Å². The van der Waals surface area contributed by atoms with Gasteiger partial charge in [-0.2, -0.15) is 4.98 Å². The molecule has 0 aliphatic carbocycles. The molecule has 0 spiro atoms. The Morgan fingerprint density at radius 1 is 1.22 bits per heavy atom. The van der Waals surface area contributed by atoms with E-state index >= 15 is 0 Å². The van der Waals surface area contributed by atoms with E-state index in [0.717, 1.165) is 11.3 Å². The second-order valence-electron chi connectivity index (χ2n) is 5.56. The van der Waals surface area contributed by atoms with Gasteiger partial charge in [-0.3, -0.25) is 10.1 Å². The third-order valence-corrected chi connectivity index (χ3v) is 5.21. The number of rotatable bonds is 4. The molecule has 0 saturated heterocycles. The first-order valence-electron chi connectivity index (χ1n) is 7.80. The number of aromatic nitrogens is 3. The Labute approximate surface area is 168 Å². The first-order chi connectivity index (χ1) is 13.0. The van der Waals surface area contributed by atoms with E-state index in [9.17, 15) is 4.79 Å². The molecule has 4 aromatic rings. The largest absolute Gasteiger partial charge is 0.497 e. The van der Waals surface area contributed by atoms with Gasteiger partial charge in [-0.05, 0) is 36.4 Å². The van der Waals surface area contributed by atoms with Gasteiger partial charge in [0.25, 0.3) is 11.9 Å². The second kappa shape index (κ2) is 7.19. The molecule has 0 radical (unpaired) electrons. The molecule has 0 aliphatic rings. The summed E-state index contributed by atoms with van der Waals surface area (Å²) in [5.74, 6) is 0.486. The SMILES string of the molecule is COc1cccc(C(=O)Nc2nc3scc(-c4ccc(Cl)cc4Cl)n3n2)c1. The minimum atomic E-state index is -0.321.